The molecule has 2 amide bonds. The Bertz CT molecular complexity index is 972. The highest BCUT2D eigenvalue weighted by Crippen LogP contribution is 2.32. The zero-order chi connectivity index (χ0) is 24.0. The van der Waals surface area contributed by atoms with Crippen molar-refractivity contribution < 1.29 is 9.59 Å². The van der Waals surface area contributed by atoms with Gasteiger partial charge in [-0.05, 0) is 44.1 Å². The van der Waals surface area contributed by atoms with Crippen molar-refractivity contribution in [2.45, 2.75) is 76.3 Å². The second-order valence-corrected chi connectivity index (χ2v) is 11.4. The molecule has 1 aliphatic carbocycles. The lowest BCUT2D eigenvalue weighted by Gasteiger charge is -2.34. The molecule has 0 unspecified atom stereocenters. The van der Waals surface area contributed by atoms with Crippen molar-refractivity contribution in [2.24, 2.45) is 5.92 Å². The Morgan fingerprint density at radius 2 is 1.63 bits per heavy atom. The average molecular weight is 495 g/mol. The topological polar surface area (TPSA) is 65.5 Å². The first-order valence-corrected chi connectivity index (χ1v) is 14.3. The van der Waals surface area contributed by atoms with Crippen LogP contribution >= 0.6 is 11.3 Å². The highest BCUT2D eigenvalue weighted by Gasteiger charge is 2.31. The summed E-state index contributed by atoms with van der Waals surface area (Å²) in [5.74, 6) is 0.940. The van der Waals surface area contributed by atoms with Gasteiger partial charge in [-0.2, -0.15) is 0 Å². The van der Waals surface area contributed by atoms with E-state index in [4.69, 9.17) is 4.98 Å². The van der Waals surface area contributed by atoms with Crippen LogP contribution in [0.1, 0.15) is 84.8 Å². The highest BCUT2D eigenvalue weighted by atomic mass is 32.1. The Morgan fingerprint density at radius 1 is 0.914 bits per heavy atom. The zero-order valence-corrected chi connectivity index (χ0v) is 21.5. The molecule has 0 radical (unpaired) electrons. The minimum absolute atomic E-state index is 0.0427. The number of hydrogen-bond acceptors (Lipinski definition) is 5. The number of hydrogen-bond donors (Lipinski definition) is 1. The Balaban J connectivity index is 1.06. The van der Waals surface area contributed by atoms with E-state index in [1.54, 1.807) is 11.3 Å². The maximum absolute atomic E-state index is 12.9. The second kappa shape index (κ2) is 11.7. The lowest BCUT2D eigenvalue weighted by molar-refractivity contribution is -0.137. The summed E-state index contributed by atoms with van der Waals surface area (Å²) >= 11 is 1.60. The second-order valence-electron chi connectivity index (χ2n) is 10.5. The van der Waals surface area contributed by atoms with E-state index in [0.29, 0.717) is 17.5 Å². The van der Waals surface area contributed by atoms with E-state index in [2.05, 4.69) is 45.4 Å². The minimum Gasteiger partial charge on any atom is -0.348 e. The molecule has 0 spiro atoms. The molecule has 0 atom stereocenters. The number of amides is 2. The molecule has 3 fully saturated rings. The molecule has 1 aromatic heterocycles. The van der Waals surface area contributed by atoms with E-state index >= 15 is 0 Å². The molecule has 0 bridgehead atoms. The van der Waals surface area contributed by atoms with Gasteiger partial charge in [0, 0.05) is 56.0 Å². The van der Waals surface area contributed by atoms with Crippen LogP contribution < -0.4 is 5.32 Å². The van der Waals surface area contributed by atoms with E-state index < -0.39 is 0 Å². The van der Waals surface area contributed by atoms with Crippen molar-refractivity contribution in [1.82, 2.24) is 20.1 Å². The molecule has 1 aromatic carbocycles. The first-order chi connectivity index (χ1) is 17.2. The SMILES string of the molecule is O=C(NC1CCN(Cc2ccccc2)CC1)c1csc(C2CCN(C(=O)C3CCCCC3)CC2)n1. The summed E-state index contributed by atoms with van der Waals surface area (Å²) in [6.07, 6.45) is 9.66. The minimum atomic E-state index is -0.0427. The van der Waals surface area contributed by atoms with Crippen LogP contribution in [0, 0.1) is 5.92 Å². The Labute approximate surface area is 213 Å². The normalized spacial score (nSPS) is 21.2. The highest BCUT2D eigenvalue weighted by molar-refractivity contribution is 7.09. The van der Waals surface area contributed by atoms with Gasteiger partial charge in [-0.15, -0.1) is 11.3 Å². The van der Waals surface area contributed by atoms with Gasteiger partial charge in [-0.3, -0.25) is 14.5 Å². The van der Waals surface area contributed by atoms with Crippen LogP contribution in [0.5, 0.6) is 0 Å². The maximum Gasteiger partial charge on any atom is 0.270 e. The number of benzene rings is 1. The molecular formula is C28H38N4O2S. The van der Waals surface area contributed by atoms with Crippen LogP contribution in [0.2, 0.25) is 0 Å². The summed E-state index contributed by atoms with van der Waals surface area (Å²) in [4.78, 5) is 35.0. The number of carbonyl (C=O) groups is 2. The number of rotatable bonds is 6. The number of thiazole rings is 1. The van der Waals surface area contributed by atoms with Crippen molar-refractivity contribution in [3.63, 3.8) is 0 Å². The van der Waals surface area contributed by atoms with Crippen LogP contribution in [-0.4, -0.2) is 58.8 Å². The van der Waals surface area contributed by atoms with Crippen LogP contribution in [0.4, 0.5) is 0 Å². The molecule has 1 N–H and O–H groups in total. The fourth-order valence-electron chi connectivity index (χ4n) is 5.87. The van der Waals surface area contributed by atoms with Crippen molar-refractivity contribution in [3.8, 4) is 0 Å². The Morgan fingerprint density at radius 3 is 2.34 bits per heavy atom. The summed E-state index contributed by atoms with van der Waals surface area (Å²) in [6, 6.07) is 10.8. The molecule has 6 nitrogen and oxygen atoms in total. The molecule has 188 valence electrons. The Hall–Kier alpha value is -2.25. The third-order valence-corrected chi connectivity index (χ3v) is 9.04. The lowest BCUT2D eigenvalue weighted by Crippen LogP contribution is -2.44. The van der Waals surface area contributed by atoms with Gasteiger partial charge in [-0.25, -0.2) is 4.98 Å². The summed E-state index contributed by atoms with van der Waals surface area (Å²) < 4.78 is 0. The summed E-state index contributed by atoms with van der Waals surface area (Å²) in [5, 5.41) is 6.18. The van der Waals surface area contributed by atoms with Crippen molar-refractivity contribution in [2.75, 3.05) is 26.2 Å². The molecule has 2 aliphatic heterocycles. The number of aromatic nitrogens is 1. The zero-order valence-electron chi connectivity index (χ0n) is 20.7. The summed E-state index contributed by atoms with van der Waals surface area (Å²) in [6.45, 7) is 4.62. The fourth-order valence-corrected chi connectivity index (χ4v) is 6.84. The lowest BCUT2D eigenvalue weighted by atomic mass is 9.87. The first kappa shape index (κ1) is 24.4. The van der Waals surface area contributed by atoms with Crippen molar-refractivity contribution in [1.29, 1.82) is 0 Å². The van der Waals surface area contributed by atoms with Crippen LogP contribution in [0.15, 0.2) is 35.7 Å². The smallest absolute Gasteiger partial charge is 0.270 e. The van der Waals surface area contributed by atoms with Gasteiger partial charge in [0.1, 0.15) is 5.69 Å². The van der Waals surface area contributed by atoms with Gasteiger partial charge in [0.15, 0.2) is 0 Å². The maximum atomic E-state index is 12.9. The number of carbonyl (C=O) groups excluding carboxylic acids is 2. The molecular weight excluding hydrogens is 456 g/mol. The third-order valence-electron chi connectivity index (χ3n) is 8.04. The van der Waals surface area contributed by atoms with Gasteiger partial charge < -0.3 is 10.2 Å². The molecule has 3 aliphatic rings. The van der Waals surface area contributed by atoms with Gasteiger partial charge >= 0.3 is 0 Å². The van der Waals surface area contributed by atoms with Crippen LogP contribution in [-0.2, 0) is 11.3 Å². The number of piperidine rings is 2. The fraction of sp³-hybridized carbons (Fsp3) is 0.607. The number of likely N-dealkylation sites (tertiary alicyclic amines) is 2. The van der Waals surface area contributed by atoms with E-state index in [1.165, 1.54) is 24.8 Å². The van der Waals surface area contributed by atoms with Gasteiger partial charge in [0.05, 0.1) is 5.01 Å². The molecule has 1 saturated carbocycles. The molecule has 35 heavy (non-hydrogen) atoms. The predicted octanol–water partition coefficient (Wildman–Crippen LogP) is 4.82. The van der Waals surface area contributed by atoms with Crippen LogP contribution in [0.25, 0.3) is 0 Å². The molecule has 7 heteroatoms. The molecule has 2 saturated heterocycles. The predicted molar refractivity (Wildman–Crippen MR) is 139 cm³/mol. The third kappa shape index (κ3) is 6.31. The average Bonchev–Trinajstić information content (AvgIpc) is 3.41. The van der Waals surface area contributed by atoms with Crippen molar-refractivity contribution in [3.05, 3.63) is 52.0 Å². The summed E-state index contributed by atoms with van der Waals surface area (Å²) in [5.41, 5.74) is 1.90. The first-order valence-electron chi connectivity index (χ1n) is 13.5. The monoisotopic (exact) mass is 494 g/mol. The van der Waals surface area contributed by atoms with Gasteiger partial charge in [0.2, 0.25) is 5.91 Å². The van der Waals surface area contributed by atoms with Gasteiger partial charge in [0.25, 0.3) is 5.91 Å². The quantitative estimate of drug-likeness (QED) is 0.625. The molecule has 2 aromatic rings. The van der Waals surface area contributed by atoms with E-state index in [-0.39, 0.29) is 17.9 Å². The standard InChI is InChI=1S/C28H38N4O2S/c33-26(29-24-13-15-31(16-14-24)19-21-7-3-1-4-8-21)25-20-35-27(30-25)22-11-17-32(18-12-22)28(34)23-9-5-2-6-10-23/h1,3-4,7-8,20,22-24H,2,5-6,9-19H2,(H,29,33). The Kier molecular flexibility index (Phi) is 8.14. The van der Waals surface area contributed by atoms with Crippen molar-refractivity contribution >= 4 is 23.2 Å². The summed E-state index contributed by atoms with van der Waals surface area (Å²) in [7, 11) is 0. The van der Waals surface area contributed by atoms with Gasteiger partial charge in [-0.1, -0.05) is 49.6 Å². The van der Waals surface area contributed by atoms with E-state index in [9.17, 15) is 9.59 Å². The molecule has 5 rings (SSSR count). The number of nitrogens with zero attached hydrogens (tertiary/aromatic N) is 3. The number of nitrogens with one attached hydrogen (secondary N) is 1. The largest absolute Gasteiger partial charge is 0.348 e. The van der Waals surface area contributed by atoms with E-state index in [0.717, 1.165) is 76.3 Å². The van der Waals surface area contributed by atoms with Crippen LogP contribution in [0.3, 0.4) is 0 Å². The van der Waals surface area contributed by atoms with E-state index in [1.807, 2.05) is 5.38 Å². The molecule has 3 heterocycles.